The number of carbonyl (C=O) groups is 3. The van der Waals surface area contributed by atoms with Gasteiger partial charge in [-0.3, -0.25) is 23.4 Å². The first-order chi connectivity index (χ1) is 25.5. The summed E-state index contributed by atoms with van der Waals surface area (Å²) in [5.74, 6) is -2.53. The van der Waals surface area contributed by atoms with Crippen molar-refractivity contribution in [1.29, 1.82) is 0 Å². The van der Waals surface area contributed by atoms with E-state index in [9.17, 15) is 28.9 Å². The van der Waals surface area contributed by atoms with Crippen molar-refractivity contribution in [2.45, 2.75) is 141 Å². The van der Waals surface area contributed by atoms with Crippen LogP contribution in [0.1, 0.15) is 123 Å². The number of carbonyl (C=O) groups excluding carboxylic acids is 2. The summed E-state index contributed by atoms with van der Waals surface area (Å²) in [6, 6.07) is -1.54. The van der Waals surface area contributed by atoms with E-state index in [-0.39, 0.29) is 12.8 Å². The third-order valence-electron chi connectivity index (χ3n) is 7.52. The van der Waals surface area contributed by atoms with Crippen LogP contribution in [0.5, 0.6) is 0 Å². The van der Waals surface area contributed by atoms with Crippen LogP contribution in [0.25, 0.3) is 0 Å². The number of hydrogen-bond acceptors (Lipinski definition) is 10. The minimum Gasteiger partial charge on any atom is -0.480 e. The molecule has 13 heteroatoms. The molecule has 0 amide bonds. The number of aliphatic hydroxyl groups excluding tert-OH is 1. The number of aliphatic carboxylic acids is 1. The van der Waals surface area contributed by atoms with Crippen LogP contribution in [0.4, 0.5) is 0 Å². The van der Waals surface area contributed by atoms with Crippen molar-refractivity contribution in [3.05, 3.63) is 72.9 Å². The number of rotatable bonds is 34. The molecule has 0 aromatic heterocycles. The fourth-order valence-electron chi connectivity index (χ4n) is 4.46. The minimum absolute atomic E-state index is 0.106. The lowest BCUT2D eigenvalue weighted by molar-refractivity contribution is -0.161. The van der Waals surface area contributed by atoms with Gasteiger partial charge in [0.25, 0.3) is 0 Å². The molecule has 4 atom stereocenters. The molecule has 0 radical (unpaired) electrons. The highest BCUT2D eigenvalue weighted by atomic mass is 31.2. The molecule has 0 bridgehead atoms. The van der Waals surface area contributed by atoms with E-state index in [2.05, 4.69) is 42.7 Å². The van der Waals surface area contributed by atoms with Gasteiger partial charge >= 0.3 is 25.7 Å². The molecular weight excluding hydrogens is 701 g/mol. The number of unbranched alkanes of at least 4 members (excludes halogenated alkanes) is 8. The molecule has 0 aliphatic carbocycles. The fraction of sp³-hybridized carbons (Fsp3) is 0.625. The molecule has 0 heterocycles. The van der Waals surface area contributed by atoms with Gasteiger partial charge in [0.15, 0.2) is 6.10 Å². The standard InChI is InChI=1S/C40H66NO11P/c1-3-5-7-9-11-12-13-14-19-23-27-31-39(44)52-36(33-50-53(47,48)51-34-37(41)40(45)46)32-49-38(43)30-26-22-18-16-15-17-21-25-29-35(42)28-24-20-10-8-6-4-2/h6,8-9,11,16-18,20-21,24-25,29,35-37,42H,3-5,7,10,12-15,19,22-23,26-28,30-34,41H2,1-2H3,(H,45,46)(H,47,48)/b8-6-,11-9-,18-16-,21-17-,24-20-,29-25+/t35?,36-,37+/m1/s1. The van der Waals surface area contributed by atoms with Crippen LogP contribution < -0.4 is 5.73 Å². The van der Waals surface area contributed by atoms with Gasteiger partial charge in [-0.2, -0.15) is 0 Å². The van der Waals surface area contributed by atoms with Crippen LogP contribution in [0, 0.1) is 0 Å². The Hall–Kier alpha value is -3.12. The third-order valence-corrected chi connectivity index (χ3v) is 8.47. The Bertz CT molecular complexity index is 1200. The molecule has 0 fully saturated rings. The van der Waals surface area contributed by atoms with E-state index in [1.54, 1.807) is 6.08 Å². The molecule has 0 aromatic rings. The zero-order valence-electron chi connectivity index (χ0n) is 31.9. The van der Waals surface area contributed by atoms with Crippen LogP contribution >= 0.6 is 7.82 Å². The highest BCUT2D eigenvalue weighted by Gasteiger charge is 2.28. The summed E-state index contributed by atoms with van der Waals surface area (Å²) in [4.78, 5) is 45.7. The van der Waals surface area contributed by atoms with Crippen LogP contribution in [0.3, 0.4) is 0 Å². The summed E-state index contributed by atoms with van der Waals surface area (Å²) in [5, 5.41) is 18.8. The maximum atomic E-state index is 12.5. The van der Waals surface area contributed by atoms with Crippen LogP contribution in [0.2, 0.25) is 0 Å². The monoisotopic (exact) mass is 767 g/mol. The van der Waals surface area contributed by atoms with Gasteiger partial charge in [-0.15, -0.1) is 0 Å². The summed E-state index contributed by atoms with van der Waals surface area (Å²) in [5.41, 5.74) is 5.30. The van der Waals surface area contributed by atoms with E-state index < -0.39 is 63.8 Å². The number of phosphoric ester groups is 1. The van der Waals surface area contributed by atoms with E-state index in [0.717, 1.165) is 51.4 Å². The van der Waals surface area contributed by atoms with Crippen molar-refractivity contribution in [2.24, 2.45) is 5.73 Å². The zero-order chi connectivity index (χ0) is 39.4. The van der Waals surface area contributed by atoms with Gasteiger partial charge in [-0.05, 0) is 64.2 Å². The van der Waals surface area contributed by atoms with Gasteiger partial charge in [0, 0.05) is 12.8 Å². The Morgan fingerprint density at radius 3 is 2.04 bits per heavy atom. The fourth-order valence-corrected chi connectivity index (χ4v) is 5.24. The molecule has 0 spiro atoms. The summed E-state index contributed by atoms with van der Waals surface area (Å²) in [6.45, 7) is 2.45. The number of ether oxygens (including phenoxy) is 2. The lowest BCUT2D eigenvalue weighted by atomic mass is 10.1. The summed E-state index contributed by atoms with van der Waals surface area (Å²) in [7, 11) is -4.74. The predicted molar refractivity (Wildman–Crippen MR) is 209 cm³/mol. The Labute approximate surface area is 317 Å². The normalized spacial score (nSPS) is 15.3. The molecule has 0 saturated heterocycles. The van der Waals surface area contributed by atoms with Crippen molar-refractivity contribution in [2.75, 3.05) is 19.8 Å². The van der Waals surface area contributed by atoms with Crippen molar-refractivity contribution >= 4 is 25.7 Å². The molecule has 0 rings (SSSR count). The van der Waals surface area contributed by atoms with E-state index in [1.165, 1.54) is 12.8 Å². The van der Waals surface area contributed by atoms with Gasteiger partial charge in [-0.25, -0.2) is 4.57 Å². The number of allylic oxidation sites excluding steroid dienone is 10. The minimum atomic E-state index is -4.74. The SMILES string of the molecule is CC/C=C\C/C=C\CC(O)/C=C/C=C\C/C=C\CCCC(=O)OC[C@H](COP(=O)(O)OC[C@H](N)C(=O)O)OC(=O)CCCCCCC/C=C\CCCC. The Morgan fingerprint density at radius 2 is 1.30 bits per heavy atom. The quantitative estimate of drug-likeness (QED) is 0.0161. The Morgan fingerprint density at radius 1 is 0.698 bits per heavy atom. The second-order valence-electron chi connectivity index (χ2n) is 12.5. The molecule has 0 saturated carbocycles. The molecule has 0 aliphatic heterocycles. The smallest absolute Gasteiger partial charge is 0.472 e. The molecule has 2 unspecified atom stereocenters. The van der Waals surface area contributed by atoms with Crippen molar-refractivity contribution < 1.29 is 52.6 Å². The maximum absolute atomic E-state index is 12.5. The first-order valence-corrected chi connectivity index (χ1v) is 20.6. The van der Waals surface area contributed by atoms with E-state index >= 15 is 0 Å². The number of phosphoric acid groups is 1. The third kappa shape index (κ3) is 34.4. The van der Waals surface area contributed by atoms with E-state index in [1.807, 2.05) is 42.5 Å². The largest absolute Gasteiger partial charge is 0.480 e. The second-order valence-corrected chi connectivity index (χ2v) is 14.0. The molecule has 302 valence electrons. The van der Waals surface area contributed by atoms with Crippen LogP contribution in [0.15, 0.2) is 72.9 Å². The van der Waals surface area contributed by atoms with E-state index in [4.69, 9.17) is 24.8 Å². The van der Waals surface area contributed by atoms with Gasteiger partial charge < -0.3 is 30.3 Å². The van der Waals surface area contributed by atoms with E-state index in [0.29, 0.717) is 32.1 Å². The predicted octanol–water partition coefficient (Wildman–Crippen LogP) is 8.36. The Kier molecular flexibility index (Phi) is 32.6. The van der Waals surface area contributed by atoms with Gasteiger partial charge in [0.2, 0.25) is 0 Å². The number of nitrogens with two attached hydrogens (primary N) is 1. The van der Waals surface area contributed by atoms with Crippen LogP contribution in [-0.4, -0.2) is 71.1 Å². The lowest BCUT2D eigenvalue weighted by Gasteiger charge is -2.20. The first-order valence-electron chi connectivity index (χ1n) is 19.1. The zero-order valence-corrected chi connectivity index (χ0v) is 32.8. The highest BCUT2D eigenvalue weighted by molar-refractivity contribution is 7.47. The summed E-state index contributed by atoms with van der Waals surface area (Å²) < 4.78 is 32.4. The van der Waals surface area contributed by atoms with Gasteiger partial charge in [0.1, 0.15) is 12.6 Å². The van der Waals surface area contributed by atoms with Crippen molar-refractivity contribution in [3.63, 3.8) is 0 Å². The summed E-state index contributed by atoms with van der Waals surface area (Å²) in [6.07, 6.45) is 35.9. The molecule has 0 aliphatic rings. The average molecular weight is 768 g/mol. The lowest BCUT2D eigenvalue weighted by Crippen LogP contribution is -2.34. The Balaban J connectivity index is 4.61. The van der Waals surface area contributed by atoms with Crippen LogP contribution in [-0.2, 0) is 37.5 Å². The van der Waals surface area contributed by atoms with Gasteiger partial charge in [0.05, 0.1) is 19.3 Å². The van der Waals surface area contributed by atoms with Crippen molar-refractivity contribution in [3.8, 4) is 0 Å². The average Bonchev–Trinajstić information content (AvgIpc) is 3.12. The number of carboxylic acids is 1. The number of hydrogen-bond donors (Lipinski definition) is 4. The maximum Gasteiger partial charge on any atom is 0.472 e. The molecular formula is C40H66NO11P. The number of carboxylic acid groups (broad SMARTS) is 1. The topological polar surface area (TPSA) is 192 Å². The molecule has 12 nitrogen and oxygen atoms in total. The highest BCUT2D eigenvalue weighted by Crippen LogP contribution is 2.43. The molecule has 5 N–H and O–H groups in total. The molecule has 0 aromatic carbocycles. The van der Waals surface area contributed by atoms with Crippen molar-refractivity contribution in [1.82, 2.24) is 0 Å². The first kappa shape index (κ1) is 49.9. The molecule has 53 heavy (non-hydrogen) atoms. The van der Waals surface area contributed by atoms with Gasteiger partial charge in [-0.1, -0.05) is 119 Å². The second kappa shape index (κ2) is 34.6. The number of esters is 2. The number of aliphatic hydroxyl groups is 1. The summed E-state index contributed by atoms with van der Waals surface area (Å²) >= 11 is 0.